The van der Waals surface area contributed by atoms with Gasteiger partial charge in [-0.1, -0.05) is 0 Å². The molecule has 0 aliphatic heterocycles. The van der Waals surface area contributed by atoms with Gasteiger partial charge in [0.15, 0.2) is 0 Å². The van der Waals surface area contributed by atoms with Crippen molar-refractivity contribution in [2.24, 2.45) is 0 Å². The van der Waals surface area contributed by atoms with E-state index in [9.17, 15) is 4.79 Å². The molecule has 1 rings (SSSR count). The number of rotatable bonds is 3. The monoisotopic (exact) mass is 206 g/mol. The fourth-order valence-electron chi connectivity index (χ4n) is 0.836. The van der Waals surface area contributed by atoms with Gasteiger partial charge in [0.1, 0.15) is 6.04 Å². The third-order valence-corrected chi connectivity index (χ3v) is 2.22. The standard InChI is InChI=1S/C10H10N2OS/c1-8(6-11)12-10(13)3-2-9-4-5-14-7-9/h2-5,7-8H,1H3,(H,12,13)/b3-2-/t8-/m1/s1. The van der Waals surface area contributed by atoms with Crippen molar-refractivity contribution in [2.45, 2.75) is 13.0 Å². The van der Waals surface area contributed by atoms with E-state index in [2.05, 4.69) is 5.32 Å². The summed E-state index contributed by atoms with van der Waals surface area (Å²) in [6, 6.07) is 3.39. The molecule has 1 N–H and O–H groups in total. The first-order valence-electron chi connectivity index (χ1n) is 4.13. The van der Waals surface area contributed by atoms with Gasteiger partial charge in [-0.25, -0.2) is 0 Å². The van der Waals surface area contributed by atoms with E-state index < -0.39 is 6.04 Å². The summed E-state index contributed by atoms with van der Waals surface area (Å²) in [4.78, 5) is 11.2. The van der Waals surface area contributed by atoms with Crippen LogP contribution in [-0.2, 0) is 4.79 Å². The van der Waals surface area contributed by atoms with Crippen LogP contribution < -0.4 is 5.32 Å². The number of hydrogen-bond acceptors (Lipinski definition) is 3. The van der Waals surface area contributed by atoms with Gasteiger partial charge in [-0.15, -0.1) is 0 Å². The van der Waals surface area contributed by atoms with Gasteiger partial charge in [0, 0.05) is 6.08 Å². The minimum absolute atomic E-state index is 0.245. The Balaban J connectivity index is 2.46. The van der Waals surface area contributed by atoms with Crippen LogP contribution in [0.25, 0.3) is 6.08 Å². The molecule has 14 heavy (non-hydrogen) atoms. The molecular weight excluding hydrogens is 196 g/mol. The normalized spacial score (nSPS) is 12.3. The molecule has 0 unspecified atom stereocenters. The average Bonchev–Trinajstić information content (AvgIpc) is 2.67. The Kier molecular flexibility index (Phi) is 3.89. The Labute approximate surface area is 86.7 Å². The minimum Gasteiger partial charge on any atom is -0.337 e. The Morgan fingerprint density at radius 1 is 1.79 bits per heavy atom. The Hall–Kier alpha value is -1.60. The van der Waals surface area contributed by atoms with Crippen molar-refractivity contribution in [3.63, 3.8) is 0 Å². The quantitative estimate of drug-likeness (QED) is 0.766. The molecule has 3 nitrogen and oxygen atoms in total. The van der Waals surface area contributed by atoms with Crippen LogP contribution in [0.15, 0.2) is 22.9 Å². The summed E-state index contributed by atoms with van der Waals surface area (Å²) in [7, 11) is 0. The van der Waals surface area contributed by atoms with Crippen LogP contribution in [0.1, 0.15) is 12.5 Å². The molecular formula is C10H10N2OS. The van der Waals surface area contributed by atoms with E-state index in [4.69, 9.17) is 5.26 Å². The molecule has 4 heteroatoms. The summed E-state index contributed by atoms with van der Waals surface area (Å²) < 4.78 is 0. The molecule has 1 heterocycles. The lowest BCUT2D eigenvalue weighted by Crippen LogP contribution is -2.29. The molecule has 72 valence electrons. The Bertz CT molecular complexity index is 362. The zero-order chi connectivity index (χ0) is 10.4. The second-order valence-corrected chi connectivity index (χ2v) is 3.53. The molecule has 0 saturated carbocycles. The first-order chi connectivity index (χ1) is 6.72. The maximum atomic E-state index is 11.2. The zero-order valence-electron chi connectivity index (χ0n) is 7.73. The summed E-state index contributed by atoms with van der Waals surface area (Å²) in [5.41, 5.74) is 0.995. The third kappa shape index (κ3) is 3.42. The van der Waals surface area contributed by atoms with Crippen LogP contribution in [0.2, 0.25) is 0 Å². The van der Waals surface area contributed by atoms with Crippen molar-refractivity contribution in [3.8, 4) is 6.07 Å². The smallest absolute Gasteiger partial charge is 0.245 e. The van der Waals surface area contributed by atoms with Gasteiger partial charge in [-0.05, 0) is 35.4 Å². The summed E-state index contributed by atoms with van der Waals surface area (Å²) in [5.74, 6) is -0.245. The fourth-order valence-corrected chi connectivity index (χ4v) is 1.46. The van der Waals surface area contributed by atoms with Crippen molar-refractivity contribution in [1.82, 2.24) is 5.32 Å². The van der Waals surface area contributed by atoms with Crippen LogP contribution >= 0.6 is 11.3 Å². The summed E-state index contributed by atoms with van der Waals surface area (Å²) >= 11 is 1.57. The molecule has 1 aromatic rings. The van der Waals surface area contributed by atoms with Gasteiger partial charge in [-0.2, -0.15) is 16.6 Å². The van der Waals surface area contributed by atoms with Crippen molar-refractivity contribution >= 4 is 23.3 Å². The highest BCUT2D eigenvalue weighted by molar-refractivity contribution is 7.08. The molecule has 0 spiro atoms. The van der Waals surface area contributed by atoms with Gasteiger partial charge in [0.25, 0.3) is 0 Å². The summed E-state index contributed by atoms with van der Waals surface area (Å²) in [6.07, 6.45) is 3.14. The van der Waals surface area contributed by atoms with Crippen molar-refractivity contribution in [1.29, 1.82) is 5.26 Å². The van der Waals surface area contributed by atoms with E-state index in [-0.39, 0.29) is 5.91 Å². The van der Waals surface area contributed by atoms with Crippen LogP contribution in [0.4, 0.5) is 0 Å². The van der Waals surface area contributed by atoms with E-state index in [1.165, 1.54) is 6.08 Å². The number of nitrogens with zero attached hydrogens (tertiary/aromatic N) is 1. The number of nitrogens with one attached hydrogen (secondary N) is 1. The Morgan fingerprint density at radius 2 is 2.57 bits per heavy atom. The van der Waals surface area contributed by atoms with Gasteiger partial charge in [0.05, 0.1) is 6.07 Å². The molecule has 1 amide bonds. The Morgan fingerprint density at radius 3 is 3.14 bits per heavy atom. The predicted octanol–water partition coefficient (Wildman–Crippen LogP) is 1.79. The van der Waals surface area contributed by atoms with Crippen molar-refractivity contribution < 1.29 is 4.79 Å². The van der Waals surface area contributed by atoms with E-state index >= 15 is 0 Å². The zero-order valence-corrected chi connectivity index (χ0v) is 8.54. The average molecular weight is 206 g/mol. The fraction of sp³-hybridized carbons (Fsp3) is 0.200. The number of nitriles is 1. The molecule has 0 aromatic carbocycles. The highest BCUT2D eigenvalue weighted by Gasteiger charge is 2.00. The van der Waals surface area contributed by atoms with Gasteiger partial charge < -0.3 is 5.32 Å². The van der Waals surface area contributed by atoms with Crippen LogP contribution in [0, 0.1) is 11.3 Å². The number of amides is 1. The molecule has 0 aliphatic rings. The molecule has 0 aliphatic carbocycles. The first kappa shape index (κ1) is 10.5. The van der Waals surface area contributed by atoms with Gasteiger partial charge in [-0.3, -0.25) is 4.79 Å². The minimum atomic E-state index is -0.449. The highest BCUT2D eigenvalue weighted by Crippen LogP contribution is 2.07. The van der Waals surface area contributed by atoms with Crippen molar-refractivity contribution in [3.05, 3.63) is 28.5 Å². The highest BCUT2D eigenvalue weighted by atomic mass is 32.1. The molecule has 0 saturated heterocycles. The van der Waals surface area contributed by atoms with Gasteiger partial charge in [0.2, 0.25) is 5.91 Å². The predicted molar refractivity (Wildman–Crippen MR) is 56.6 cm³/mol. The lowest BCUT2D eigenvalue weighted by molar-refractivity contribution is -0.116. The molecule has 0 bridgehead atoms. The topological polar surface area (TPSA) is 52.9 Å². The van der Waals surface area contributed by atoms with Crippen molar-refractivity contribution in [2.75, 3.05) is 0 Å². The second-order valence-electron chi connectivity index (χ2n) is 2.75. The number of thiophene rings is 1. The van der Waals surface area contributed by atoms with E-state index in [1.54, 1.807) is 24.3 Å². The van der Waals surface area contributed by atoms with E-state index in [0.29, 0.717) is 0 Å². The van der Waals surface area contributed by atoms with E-state index in [1.807, 2.05) is 22.9 Å². The van der Waals surface area contributed by atoms with Crippen LogP contribution in [0.3, 0.4) is 0 Å². The number of carbonyl (C=O) groups excluding carboxylic acids is 1. The summed E-state index contributed by atoms with van der Waals surface area (Å²) in [5, 5.41) is 14.8. The maximum Gasteiger partial charge on any atom is 0.245 e. The number of carbonyl (C=O) groups is 1. The molecule has 1 aromatic heterocycles. The largest absolute Gasteiger partial charge is 0.337 e. The molecule has 0 fully saturated rings. The first-order valence-corrected chi connectivity index (χ1v) is 5.07. The molecule has 1 atom stereocenters. The summed E-state index contributed by atoms with van der Waals surface area (Å²) in [6.45, 7) is 1.64. The van der Waals surface area contributed by atoms with Crippen LogP contribution in [-0.4, -0.2) is 11.9 Å². The SMILES string of the molecule is C[C@H](C#N)NC(=O)/C=C\c1ccsc1. The lowest BCUT2D eigenvalue weighted by atomic mass is 10.3. The van der Waals surface area contributed by atoms with E-state index in [0.717, 1.165) is 5.56 Å². The number of hydrogen-bond donors (Lipinski definition) is 1. The van der Waals surface area contributed by atoms with Gasteiger partial charge >= 0.3 is 0 Å². The lowest BCUT2D eigenvalue weighted by Gasteiger charge is -2.01. The van der Waals surface area contributed by atoms with Crippen LogP contribution in [0.5, 0.6) is 0 Å². The third-order valence-electron chi connectivity index (χ3n) is 1.52. The molecule has 0 radical (unpaired) electrons. The maximum absolute atomic E-state index is 11.2. The second kappa shape index (κ2) is 5.20.